The molecule has 0 aliphatic carbocycles. The Morgan fingerprint density at radius 2 is 2.23 bits per heavy atom. The lowest BCUT2D eigenvalue weighted by atomic mass is 10.1. The second-order valence-corrected chi connectivity index (χ2v) is 4.87. The average molecular weight is 351 g/mol. The van der Waals surface area contributed by atoms with Gasteiger partial charge in [-0.25, -0.2) is 0 Å². The first-order valence-electron chi connectivity index (χ1n) is 3.83. The first-order valence-corrected chi connectivity index (χ1v) is 5.59. The number of nitrogen functional groups attached to an aromatic ring is 1. The lowest BCUT2D eigenvalue weighted by Gasteiger charge is -2.04. The highest BCUT2D eigenvalue weighted by Gasteiger charge is 2.08. The number of rotatable bonds is 0. The zero-order chi connectivity index (χ0) is 9.59. The van der Waals surface area contributed by atoms with Crippen molar-refractivity contribution in [2.75, 3.05) is 5.73 Å². The number of anilines is 1. The molecule has 2 rings (SSSR count). The molecule has 0 amide bonds. The Hall–Kier alpha value is -0.230. The molecule has 0 fully saturated rings. The van der Waals surface area contributed by atoms with E-state index in [2.05, 4.69) is 38.8 Å². The molecule has 2 N–H and O–H groups in total. The van der Waals surface area contributed by atoms with Gasteiger partial charge in [-0.15, -0.1) is 0 Å². The van der Waals surface area contributed by atoms with E-state index in [1.165, 1.54) is 0 Å². The van der Waals surface area contributed by atoms with E-state index < -0.39 is 0 Å². The number of hydrogen-bond donors (Lipinski definition) is 1. The number of nitrogens with two attached hydrogens (primary N) is 1. The predicted octanol–water partition coefficient (Wildman–Crippen LogP) is 3.49. The van der Waals surface area contributed by atoms with Gasteiger partial charge in [0.25, 0.3) is 0 Å². The van der Waals surface area contributed by atoms with Crippen molar-refractivity contribution in [3.05, 3.63) is 28.4 Å². The number of nitrogens with zero attached hydrogens (tertiary/aromatic N) is 1. The molecular weight excluding hydrogens is 343 g/mol. The monoisotopic (exact) mass is 350 g/mol. The topological polar surface area (TPSA) is 30.9 Å². The highest BCUT2D eigenvalue weighted by atomic mass is 127. The van der Waals surface area contributed by atoms with E-state index in [0.717, 1.165) is 26.6 Å². The van der Waals surface area contributed by atoms with Crippen molar-refractivity contribution in [2.24, 2.45) is 0 Å². The van der Waals surface area contributed by atoms with Gasteiger partial charge in [0.05, 0.1) is 28.4 Å². The molecule has 13 heavy (non-hydrogen) atoms. The van der Waals surface area contributed by atoms with Crippen molar-refractivity contribution in [2.45, 2.75) is 6.92 Å². The Morgan fingerprint density at radius 1 is 1.54 bits per heavy atom. The van der Waals surface area contributed by atoms with Crippen LogP contribution < -0.4 is 5.73 Å². The van der Waals surface area contributed by atoms with E-state index in [-0.39, 0.29) is 0 Å². The van der Waals surface area contributed by atoms with Crippen LogP contribution in [0.1, 0.15) is 5.56 Å². The maximum Gasteiger partial charge on any atom is 0.0739 e. The molecule has 1 aromatic heterocycles. The van der Waals surface area contributed by atoms with E-state index in [9.17, 15) is 0 Å². The molecule has 0 aliphatic rings. The third-order valence-corrected chi connectivity index (χ3v) is 3.53. The average Bonchev–Trinajstić information content (AvgIpc) is 2.44. The highest BCUT2D eigenvalue weighted by Crippen LogP contribution is 2.33. The molecular formula is C9H8BrIN2. The zero-order valence-electron chi connectivity index (χ0n) is 7.01. The SMILES string of the molecule is Cc1cc(Br)c2c(ccn2I)c1N. The molecule has 0 saturated heterocycles. The molecule has 0 saturated carbocycles. The summed E-state index contributed by atoms with van der Waals surface area (Å²) in [4.78, 5) is 0. The molecule has 2 aromatic rings. The quantitative estimate of drug-likeness (QED) is 0.572. The minimum atomic E-state index is 0.869. The molecule has 0 radical (unpaired) electrons. The minimum absolute atomic E-state index is 0.869. The summed E-state index contributed by atoms with van der Waals surface area (Å²) in [5.41, 5.74) is 9.09. The van der Waals surface area contributed by atoms with E-state index >= 15 is 0 Å². The van der Waals surface area contributed by atoms with Gasteiger partial charge in [-0.2, -0.15) is 0 Å². The van der Waals surface area contributed by atoms with Crippen molar-refractivity contribution in [1.29, 1.82) is 0 Å². The molecule has 4 heteroatoms. The van der Waals surface area contributed by atoms with Crippen LogP contribution in [0.5, 0.6) is 0 Å². The fraction of sp³-hybridized carbons (Fsp3) is 0.111. The predicted molar refractivity (Wildman–Crippen MR) is 68.2 cm³/mol. The number of hydrogen-bond acceptors (Lipinski definition) is 1. The molecule has 2 nitrogen and oxygen atoms in total. The van der Waals surface area contributed by atoms with Crippen LogP contribution in [0.25, 0.3) is 10.9 Å². The summed E-state index contributed by atoms with van der Waals surface area (Å²) in [5, 5.41) is 1.11. The van der Waals surface area contributed by atoms with E-state index in [0.29, 0.717) is 0 Å². The van der Waals surface area contributed by atoms with Crippen LogP contribution >= 0.6 is 38.8 Å². The minimum Gasteiger partial charge on any atom is -0.398 e. The van der Waals surface area contributed by atoms with Gasteiger partial charge in [0.2, 0.25) is 0 Å². The Kier molecular flexibility index (Phi) is 2.27. The molecule has 1 aromatic carbocycles. The molecule has 1 heterocycles. The normalized spacial score (nSPS) is 11.0. The van der Waals surface area contributed by atoms with Crippen LogP contribution in [0.2, 0.25) is 0 Å². The van der Waals surface area contributed by atoms with E-state index in [1.807, 2.05) is 28.0 Å². The smallest absolute Gasteiger partial charge is 0.0739 e. The number of halogens is 2. The summed E-state index contributed by atoms with van der Waals surface area (Å²) in [6.07, 6.45) is 2.01. The maximum atomic E-state index is 5.96. The summed E-state index contributed by atoms with van der Waals surface area (Å²) in [7, 11) is 0. The second kappa shape index (κ2) is 3.16. The second-order valence-electron chi connectivity index (χ2n) is 2.98. The summed E-state index contributed by atoms with van der Waals surface area (Å²) < 4.78 is 3.13. The lowest BCUT2D eigenvalue weighted by molar-refractivity contribution is 1.40. The van der Waals surface area contributed by atoms with E-state index in [4.69, 9.17) is 5.73 Å². The van der Waals surface area contributed by atoms with Crippen LogP contribution in [0, 0.1) is 6.92 Å². The van der Waals surface area contributed by atoms with Gasteiger partial charge in [0, 0.05) is 21.7 Å². The first-order chi connectivity index (χ1) is 6.11. The summed E-state index contributed by atoms with van der Waals surface area (Å²) in [5.74, 6) is 0. The van der Waals surface area contributed by atoms with Gasteiger partial charge in [-0.05, 0) is 40.5 Å². The number of aryl methyl sites for hydroxylation is 1. The molecule has 0 unspecified atom stereocenters. The standard InChI is InChI=1S/C9H8BrIN2/c1-5-4-7(10)9-6(8(5)12)2-3-13(9)11/h2-4H,12H2,1H3. The third-order valence-electron chi connectivity index (χ3n) is 2.13. The van der Waals surface area contributed by atoms with Crippen molar-refractivity contribution >= 4 is 55.4 Å². The summed E-state index contributed by atoms with van der Waals surface area (Å²) in [6.45, 7) is 2.02. The zero-order valence-corrected chi connectivity index (χ0v) is 10.8. The fourth-order valence-corrected chi connectivity index (χ4v) is 3.17. The summed E-state index contributed by atoms with van der Waals surface area (Å²) in [6, 6.07) is 4.09. The Labute approximate surface area is 98.7 Å². The van der Waals surface area contributed by atoms with Crippen molar-refractivity contribution in [3.8, 4) is 0 Å². The van der Waals surface area contributed by atoms with Gasteiger partial charge in [0.15, 0.2) is 0 Å². The number of aromatic nitrogens is 1. The van der Waals surface area contributed by atoms with Gasteiger partial charge in [-0.1, -0.05) is 0 Å². The lowest BCUT2D eigenvalue weighted by Crippen LogP contribution is -1.91. The largest absolute Gasteiger partial charge is 0.398 e. The van der Waals surface area contributed by atoms with Crippen LogP contribution in [-0.2, 0) is 0 Å². The number of fused-ring (bicyclic) bond motifs is 1. The van der Waals surface area contributed by atoms with Crippen LogP contribution in [-0.4, -0.2) is 2.78 Å². The van der Waals surface area contributed by atoms with Gasteiger partial charge in [-0.3, -0.25) is 2.78 Å². The fourth-order valence-electron chi connectivity index (χ4n) is 1.41. The number of benzene rings is 1. The maximum absolute atomic E-state index is 5.96. The molecule has 68 valence electrons. The highest BCUT2D eigenvalue weighted by molar-refractivity contribution is 14.1. The van der Waals surface area contributed by atoms with Crippen molar-refractivity contribution in [1.82, 2.24) is 2.78 Å². The van der Waals surface area contributed by atoms with Gasteiger partial charge < -0.3 is 5.73 Å². The molecule has 0 atom stereocenters. The van der Waals surface area contributed by atoms with Gasteiger partial charge >= 0.3 is 0 Å². The Balaban J connectivity index is 2.99. The molecule has 0 bridgehead atoms. The Morgan fingerprint density at radius 3 is 2.92 bits per heavy atom. The van der Waals surface area contributed by atoms with Crippen LogP contribution in [0.4, 0.5) is 5.69 Å². The molecule has 0 aliphatic heterocycles. The summed E-state index contributed by atoms with van der Waals surface area (Å²) >= 11 is 5.77. The van der Waals surface area contributed by atoms with Crippen molar-refractivity contribution in [3.63, 3.8) is 0 Å². The van der Waals surface area contributed by atoms with Crippen LogP contribution in [0.15, 0.2) is 22.8 Å². The van der Waals surface area contributed by atoms with E-state index in [1.54, 1.807) is 0 Å². The first kappa shape index (κ1) is 9.33. The molecule has 0 spiro atoms. The van der Waals surface area contributed by atoms with Crippen LogP contribution in [0.3, 0.4) is 0 Å². The Bertz CT molecular complexity index is 476. The third kappa shape index (κ3) is 1.36. The van der Waals surface area contributed by atoms with Gasteiger partial charge in [0.1, 0.15) is 0 Å². The van der Waals surface area contributed by atoms with Crippen molar-refractivity contribution < 1.29 is 0 Å².